The molecule has 0 saturated carbocycles. The smallest absolute Gasteiger partial charge is 0.244 e. The van der Waals surface area contributed by atoms with Crippen LogP contribution in [0.5, 0.6) is 0 Å². The van der Waals surface area contributed by atoms with Gasteiger partial charge in [0.1, 0.15) is 18.0 Å². The van der Waals surface area contributed by atoms with Gasteiger partial charge in [0.2, 0.25) is 5.91 Å². The Kier molecular flexibility index (Phi) is 6.58. The van der Waals surface area contributed by atoms with E-state index in [0.29, 0.717) is 18.9 Å². The van der Waals surface area contributed by atoms with Crippen LogP contribution in [0, 0.1) is 5.92 Å². The number of aliphatic hydroxyl groups excluding tert-OH is 1. The van der Waals surface area contributed by atoms with E-state index in [0.717, 1.165) is 18.4 Å². The van der Waals surface area contributed by atoms with Gasteiger partial charge in [-0.25, -0.2) is 4.98 Å². The van der Waals surface area contributed by atoms with Gasteiger partial charge in [0.15, 0.2) is 0 Å². The minimum atomic E-state index is -0.623. The molecule has 6 nitrogen and oxygen atoms in total. The molecule has 1 amide bonds. The fourth-order valence-corrected chi connectivity index (χ4v) is 3.31. The second kappa shape index (κ2) is 8.47. The molecule has 1 aromatic heterocycles. The molecule has 1 saturated heterocycles. The van der Waals surface area contributed by atoms with Crippen molar-refractivity contribution in [3.05, 3.63) is 54.1 Å². The summed E-state index contributed by atoms with van der Waals surface area (Å²) in [5.41, 5.74) is 6.94. The molecule has 25 heavy (non-hydrogen) atoms. The lowest BCUT2D eigenvalue weighted by Crippen LogP contribution is -2.44. The van der Waals surface area contributed by atoms with Crippen molar-refractivity contribution in [2.24, 2.45) is 18.7 Å². The number of halogens is 1. The summed E-state index contributed by atoms with van der Waals surface area (Å²) in [6.07, 6.45) is 4.43. The van der Waals surface area contributed by atoms with Crippen LogP contribution >= 0.6 is 12.4 Å². The first kappa shape index (κ1) is 19.4. The average molecular weight is 365 g/mol. The number of carbonyl (C=O) groups is 1. The number of aromatic nitrogens is 2. The standard InChI is InChI=1S/C18H24N4O2.ClH/c1-21-12-9-20-17(21)16(23)14-7-10-22(11-8-14)18(24)15(19)13-5-3-2-4-6-13;/h2-6,9,12,14-16,23H,7-8,10-11,19H2,1H3;1H. The average Bonchev–Trinajstić information content (AvgIpc) is 3.06. The van der Waals surface area contributed by atoms with E-state index >= 15 is 0 Å². The molecule has 0 bridgehead atoms. The van der Waals surface area contributed by atoms with Gasteiger partial charge in [-0.3, -0.25) is 4.79 Å². The maximum absolute atomic E-state index is 12.6. The summed E-state index contributed by atoms with van der Waals surface area (Å²) >= 11 is 0. The maximum atomic E-state index is 12.6. The molecule has 0 radical (unpaired) electrons. The minimum absolute atomic E-state index is 0. The van der Waals surface area contributed by atoms with E-state index in [-0.39, 0.29) is 24.2 Å². The van der Waals surface area contributed by atoms with Crippen molar-refractivity contribution in [1.82, 2.24) is 14.5 Å². The van der Waals surface area contributed by atoms with Gasteiger partial charge in [0.25, 0.3) is 0 Å². The van der Waals surface area contributed by atoms with Gasteiger partial charge in [-0.2, -0.15) is 0 Å². The SMILES string of the molecule is Cl.Cn1ccnc1C(O)C1CCN(C(=O)C(N)c2ccccc2)CC1. The largest absolute Gasteiger partial charge is 0.385 e. The van der Waals surface area contributed by atoms with Crippen molar-refractivity contribution in [2.45, 2.75) is 25.0 Å². The first-order chi connectivity index (χ1) is 11.6. The number of likely N-dealkylation sites (tertiary alicyclic amines) is 1. The zero-order valence-corrected chi connectivity index (χ0v) is 15.1. The molecule has 1 aliphatic rings. The topological polar surface area (TPSA) is 84.4 Å². The zero-order chi connectivity index (χ0) is 17.1. The Balaban J connectivity index is 0.00000225. The Morgan fingerprint density at radius 1 is 1.28 bits per heavy atom. The maximum Gasteiger partial charge on any atom is 0.244 e. The number of benzene rings is 1. The Labute approximate surface area is 154 Å². The van der Waals surface area contributed by atoms with Crippen molar-refractivity contribution in [1.29, 1.82) is 0 Å². The van der Waals surface area contributed by atoms with Crippen molar-refractivity contribution < 1.29 is 9.90 Å². The summed E-state index contributed by atoms with van der Waals surface area (Å²) in [6, 6.07) is 8.81. The lowest BCUT2D eigenvalue weighted by Gasteiger charge is -2.35. The third kappa shape index (κ3) is 4.21. The molecule has 1 aliphatic heterocycles. The lowest BCUT2D eigenvalue weighted by atomic mass is 9.90. The van der Waals surface area contributed by atoms with Crippen LogP contribution < -0.4 is 5.73 Å². The lowest BCUT2D eigenvalue weighted by molar-refractivity contribution is -0.134. The predicted molar refractivity (Wildman–Crippen MR) is 98.1 cm³/mol. The molecule has 136 valence electrons. The third-order valence-electron chi connectivity index (χ3n) is 4.85. The zero-order valence-electron chi connectivity index (χ0n) is 14.3. The number of rotatable bonds is 4. The third-order valence-corrected chi connectivity index (χ3v) is 4.85. The van der Waals surface area contributed by atoms with Crippen LogP contribution in [0.15, 0.2) is 42.7 Å². The molecular weight excluding hydrogens is 340 g/mol. The Morgan fingerprint density at radius 3 is 2.48 bits per heavy atom. The van der Waals surface area contributed by atoms with E-state index in [1.54, 1.807) is 11.1 Å². The number of nitrogens with two attached hydrogens (primary N) is 1. The van der Waals surface area contributed by atoms with Gasteiger partial charge < -0.3 is 20.3 Å². The van der Waals surface area contributed by atoms with Gasteiger partial charge >= 0.3 is 0 Å². The summed E-state index contributed by atoms with van der Waals surface area (Å²) in [5, 5.41) is 10.5. The number of carbonyl (C=O) groups excluding carboxylic acids is 1. The molecule has 2 heterocycles. The molecule has 2 aromatic rings. The van der Waals surface area contributed by atoms with Crippen molar-refractivity contribution in [2.75, 3.05) is 13.1 Å². The van der Waals surface area contributed by atoms with Crippen LogP contribution in [-0.2, 0) is 11.8 Å². The molecule has 2 unspecified atom stereocenters. The second-order valence-corrected chi connectivity index (χ2v) is 6.39. The van der Waals surface area contributed by atoms with Crippen LogP contribution in [0.2, 0.25) is 0 Å². The quantitative estimate of drug-likeness (QED) is 0.866. The van der Waals surface area contributed by atoms with Gasteiger partial charge in [-0.15, -0.1) is 12.4 Å². The number of amides is 1. The van der Waals surface area contributed by atoms with Crippen LogP contribution in [0.1, 0.15) is 36.4 Å². The van der Waals surface area contributed by atoms with E-state index in [1.165, 1.54) is 0 Å². The normalized spacial score (nSPS) is 17.6. The fourth-order valence-electron chi connectivity index (χ4n) is 3.31. The number of nitrogens with zero attached hydrogens (tertiary/aromatic N) is 3. The van der Waals surface area contributed by atoms with Gasteiger partial charge in [0, 0.05) is 32.5 Å². The summed E-state index contributed by atoms with van der Waals surface area (Å²) in [5.74, 6) is 0.745. The molecule has 1 aromatic carbocycles. The molecule has 3 N–H and O–H groups in total. The number of piperidine rings is 1. The summed E-state index contributed by atoms with van der Waals surface area (Å²) < 4.78 is 1.84. The molecule has 0 spiro atoms. The van der Waals surface area contributed by atoms with Crippen molar-refractivity contribution in [3.8, 4) is 0 Å². The van der Waals surface area contributed by atoms with Crippen LogP contribution in [0.25, 0.3) is 0 Å². The number of aryl methyl sites for hydroxylation is 1. The van der Waals surface area contributed by atoms with E-state index in [9.17, 15) is 9.90 Å². The highest BCUT2D eigenvalue weighted by molar-refractivity contribution is 5.85. The van der Waals surface area contributed by atoms with E-state index in [4.69, 9.17) is 5.73 Å². The molecule has 7 heteroatoms. The highest BCUT2D eigenvalue weighted by Crippen LogP contribution is 2.30. The minimum Gasteiger partial charge on any atom is -0.385 e. The number of hydrogen-bond acceptors (Lipinski definition) is 4. The summed E-state index contributed by atoms with van der Waals surface area (Å²) in [7, 11) is 1.88. The highest BCUT2D eigenvalue weighted by Gasteiger charge is 2.31. The van der Waals surface area contributed by atoms with Crippen LogP contribution in [0.4, 0.5) is 0 Å². The monoisotopic (exact) mass is 364 g/mol. The van der Waals surface area contributed by atoms with E-state index in [1.807, 2.05) is 48.1 Å². The van der Waals surface area contributed by atoms with E-state index in [2.05, 4.69) is 4.98 Å². The van der Waals surface area contributed by atoms with Crippen molar-refractivity contribution in [3.63, 3.8) is 0 Å². The Bertz CT molecular complexity index is 683. The predicted octanol–water partition coefficient (Wildman–Crippen LogP) is 1.81. The molecule has 0 aliphatic carbocycles. The number of imidazole rings is 1. The second-order valence-electron chi connectivity index (χ2n) is 6.39. The van der Waals surface area contributed by atoms with E-state index < -0.39 is 12.1 Å². The molecular formula is C18H25ClN4O2. The summed E-state index contributed by atoms with van der Waals surface area (Å²) in [6.45, 7) is 1.23. The Hall–Kier alpha value is -1.89. The fraction of sp³-hybridized carbons (Fsp3) is 0.444. The highest BCUT2D eigenvalue weighted by atomic mass is 35.5. The molecule has 1 fully saturated rings. The first-order valence-electron chi connectivity index (χ1n) is 8.32. The van der Waals surface area contributed by atoms with Gasteiger partial charge in [-0.05, 0) is 24.3 Å². The summed E-state index contributed by atoms with van der Waals surface area (Å²) in [4.78, 5) is 18.6. The number of aliphatic hydroxyl groups is 1. The van der Waals surface area contributed by atoms with Gasteiger partial charge in [0.05, 0.1) is 0 Å². The van der Waals surface area contributed by atoms with Gasteiger partial charge in [-0.1, -0.05) is 30.3 Å². The van der Waals surface area contributed by atoms with Crippen molar-refractivity contribution >= 4 is 18.3 Å². The Morgan fingerprint density at radius 2 is 1.92 bits per heavy atom. The first-order valence-corrected chi connectivity index (χ1v) is 8.32. The molecule has 3 rings (SSSR count). The van der Waals surface area contributed by atoms with Crippen LogP contribution in [-0.4, -0.2) is 38.6 Å². The number of hydrogen-bond donors (Lipinski definition) is 2. The molecule has 2 atom stereocenters. The van der Waals surface area contributed by atoms with Crippen LogP contribution in [0.3, 0.4) is 0 Å².